The summed E-state index contributed by atoms with van der Waals surface area (Å²) in [5, 5.41) is 12.4. The summed E-state index contributed by atoms with van der Waals surface area (Å²) in [5.74, 6) is -1.93. The van der Waals surface area contributed by atoms with Crippen LogP contribution in [0.4, 0.5) is 0 Å². The molecule has 1 atom stereocenters. The van der Waals surface area contributed by atoms with Crippen molar-refractivity contribution >= 4 is 19.5 Å². The zero-order valence-electron chi connectivity index (χ0n) is 21.0. The number of carbonyl (C=O) groups excluding carboxylic acids is 1. The normalized spacial score (nSPS) is 12.5. The van der Waals surface area contributed by atoms with Gasteiger partial charge in [0.05, 0.1) is 6.04 Å². The molecule has 5 N–H and O–H groups in total. The standard InChI is InChI=1S/C30H29N2O6P/c33-28(34)21-31-29(35)27(20-22-16-18-24(19-17-22)23-10-4-1-5-11-23)32-30(39(36,37)38,25-12-6-2-7-13-25)26-14-8-3-9-15-26/h1-19,27,32H,20-21H2,(H,31,35)(H,33,34)(H2,36,37,38). The summed E-state index contributed by atoms with van der Waals surface area (Å²) >= 11 is 0. The maximum Gasteiger partial charge on any atom is 0.354 e. The van der Waals surface area contributed by atoms with Crippen molar-refractivity contribution < 1.29 is 29.0 Å². The highest BCUT2D eigenvalue weighted by Gasteiger charge is 2.51. The van der Waals surface area contributed by atoms with Gasteiger partial charge in [-0.25, -0.2) is 0 Å². The first-order valence-corrected chi connectivity index (χ1v) is 13.9. The molecule has 0 aliphatic rings. The first-order chi connectivity index (χ1) is 18.7. The number of rotatable bonds is 11. The minimum absolute atomic E-state index is 0.0436. The van der Waals surface area contributed by atoms with Gasteiger partial charge in [-0.3, -0.25) is 19.5 Å². The number of carbonyl (C=O) groups is 2. The molecule has 0 spiro atoms. The van der Waals surface area contributed by atoms with E-state index in [-0.39, 0.29) is 17.5 Å². The van der Waals surface area contributed by atoms with E-state index in [1.807, 2.05) is 54.6 Å². The van der Waals surface area contributed by atoms with Crippen LogP contribution in [0.25, 0.3) is 11.1 Å². The Balaban J connectivity index is 1.77. The van der Waals surface area contributed by atoms with E-state index in [0.29, 0.717) is 0 Å². The molecule has 200 valence electrons. The van der Waals surface area contributed by atoms with Crippen molar-refractivity contribution in [2.24, 2.45) is 0 Å². The van der Waals surface area contributed by atoms with Crippen LogP contribution in [0.2, 0.25) is 0 Å². The van der Waals surface area contributed by atoms with Crippen molar-refractivity contribution in [3.63, 3.8) is 0 Å². The topological polar surface area (TPSA) is 136 Å². The molecule has 4 rings (SSSR count). The quantitative estimate of drug-likeness (QED) is 0.179. The van der Waals surface area contributed by atoms with Gasteiger partial charge in [0.2, 0.25) is 5.91 Å². The van der Waals surface area contributed by atoms with E-state index in [2.05, 4.69) is 10.6 Å². The zero-order valence-corrected chi connectivity index (χ0v) is 21.9. The molecule has 1 amide bonds. The molecule has 9 heteroatoms. The Labute approximate surface area is 226 Å². The van der Waals surface area contributed by atoms with Gasteiger partial charge in [0.15, 0.2) is 5.28 Å². The molecule has 0 aliphatic carbocycles. The van der Waals surface area contributed by atoms with E-state index < -0.39 is 37.3 Å². The second-order valence-corrected chi connectivity index (χ2v) is 10.8. The molecule has 0 radical (unpaired) electrons. The maximum absolute atomic E-state index is 13.3. The van der Waals surface area contributed by atoms with Crippen molar-refractivity contribution in [3.05, 3.63) is 132 Å². The number of aliphatic carboxylic acids is 1. The van der Waals surface area contributed by atoms with Gasteiger partial charge in [0, 0.05) is 0 Å². The lowest BCUT2D eigenvalue weighted by Crippen LogP contribution is -2.55. The van der Waals surface area contributed by atoms with Gasteiger partial charge < -0.3 is 20.2 Å². The third-order valence-electron chi connectivity index (χ3n) is 6.43. The summed E-state index contributed by atoms with van der Waals surface area (Å²) in [7, 11) is -5.04. The number of benzene rings is 4. The lowest BCUT2D eigenvalue weighted by atomic mass is 9.94. The van der Waals surface area contributed by atoms with Crippen LogP contribution in [0, 0.1) is 0 Å². The van der Waals surface area contributed by atoms with Gasteiger partial charge in [-0.15, -0.1) is 0 Å². The van der Waals surface area contributed by atoms with Crippen molar-refractivity contribution in [1.29, 1.82) is 0 Å². The van der Waals surface area contributed by atoms with E-state index in [4.69, 9.17) is 5.11 Å². The number of carboxylic acids is 1. The minimum atomic E-state index is -5.04. The lowest BCUT2D eigenvalue weighted by molar-refractivity contribution is -0.138. The fraction of sp³-hybridized carbons (Fsp3) is 0.133. The third-order valence-corrected chi connectivity index (χ3v) is 7.95. The van der Waals surface area contributed by atoms with Gasteiger partial charge >= 0.3 is 13.6 Å². The summed E-state index contributed by atoms with van der Waals surface area (Å²) in [5.41, 5.74) is 3.24. The number of amides is 1. The Kier molecular flexibility index (Phi) is 8.74. The maximum atomic E-state index is 13.3. The second-order valence-electron chi connectivity index (χ2n) is 9.06. The molecule has 0 bridgehead atoms. The smallest absolute Gasteiger partial charge is 0.354 e. The van der Waals surface area contributed by atoms with Gasteiger partial charge in [-0.1, -0.05) is 115 Å². The molecule has 39 heavy (non-hydrogen) atoms. The van der Waals surface area contributed by atoms with E-state index >= 15 is 0 Å². The van der Waals surface area contributed by atoms with Crippen LogP contribution in [-0.4, -0.2) is 39.4 Å². The molecule has 4 aromatic carbocycles. The molecule has 0 saturated carbocycles. The number of hydrogen-bond acceptors (Lipinski definition) is 4. The van der Waals surface area contributed by atoms with Crippen LogP contribution < -0.4 is 10.6 Å². The van der Waals surface area contributed by atoms with Crippen LogP contribution >= 0.6 is 7.60 Å². The Bertz CT molecular complexity index is 1400. The fourth-order valence-corrected chi connectivity index (χ4v) is 5.85. The van der Waals surface area contributed by atoms with Gasteiger partial charge in [-0.05, 0) is 34.2 Å². The molecule has 0 aliphatic heterocycles. The Morgan fingerprint density at radius 2 is 1.18 bits per heavy atom. The van der Waals surface area contributed by atoms with Crippen LogP contribution in [0.15, 0.2) is 115 Å². The van der Waals surface area contributed by atoms with Crippen LogP contribution in [0.5, 0.6) is 0 Å². The molecule has 4 aromatic rings. The summed E-state index contributed by atoms with van der Waals surface area (Å²) in [6.45, 7) is -0.635. The van der Waals surface area contributed by atoms with Crippen LogP contribution in [0.3, 0.4) is 0 Å². The fourth-order valence-electron chi connectivity index (χ4n) is 4.56. The third kappa shape index (κ3) is 6.50. The predicted molar refractivity (Wildman–Crippen MR) is 149 cm³/mol. The largest absolute Gasteiger partial charge is 0.480 e. The highest BCUT2D eigenvalue weighted by Crippen LogP contribution is 2.59. The number of nitrogens with one attached hydrogen (secondary N) is 2. The minimum Gasteiger partial charge on any atom is -0.480 e. The number of carboxylic acid groups (broad SMARTS) is 1. The highest BCUT2D eigenvalue weighted by molar-refractivity contribution is 7.53. The Morgan fingerprint density at radius 1 is 0.718 bits per heavy atom. The molecule has 8 nitrogen and oxygen atoms in total. The zero-order chi connectivity index (χ0) is 27.9. The van der Waals surface area contributed by atoms with Gasteiger partial charge in [0.1, 0.15) is 6.54 Å². The number of hydrogen-bond donors (Lipinski definition) is 5. The highest BCUT2D eigenvalue weighted by atomic mass is 31.2. The molecule has 1 unspecified atom stereocenters. The van der Waals surface area contributed by atoms with E-state index in [9.17, 15) is 23.9 Å². The monoisotopic (exact) mass is 544 g/mol. The van der Waals surface area contributed by atoms with E-state index in [1.165, 1.54) is 0 Å². The van der Waals surface area contributed by atoms with E-state index in [1.54, 1.807) is 60.7 Å². The molecular formula is C30H29N2O6P. The summed E-state index contributed by atoms with van der Waals surface area (Å²) < 4.78 is 13.3. The van der Waals surface area contributed by atoms with Gasteiger partial charge in [-0.2, -0.15) is 0 Å². The molecule has 0 heterocycles. The van der Waals surface area contributed by atoms with Crippen LogP contribution in [0.1, 0.15) is 16.7 Å². The summed E-state index contributed by atoms with van der Waals surface area (Å²) in [6, 6.07) is 32.5. The van der Waals surface area contributed by atoms with Gasteiger partial charge in [0.25, 0.3) is 0 Å². The van der Waals surface area contributed by atoms with Crippen LogP contribution in [-0.2, 0) is 25.9 Å². The Morgan fingerprint density at radius 3 is 1.64 bits per heavy atom. The Hall–Kier alpha value is -4.07. The SMILES string of the molecule is O=C(O)CNC(=O)C(Cc1ccc(-c2ccccc2)cc1)NC(c1ccccc1)(c1ccccc1)P(=O)(O)O. The first kappa shape index (κ1) is 28.0. The van der Waals surface area contributed by atoms with Crippen molar-refractivity contribution in [3.8, 4) is 11.1 Å². The molecular weight excluding hydrogens is 515 g/mol. The molecule has 0 saturated heterocycles. The van der Waals surface area contributed by atoms with Crippen molar-refractivity contribution in [1.82, 2.24) is 10.6 Å². The summed E-state index contributed by atoms with van der Waals surface area (Å²) in [4.78, 5) is 46.2. The second kappa shape index (κ2) is 12.2. The first-order valence-electron chi connectivity index (χ1n) is 12.3. The molecule has 0 fully saturated rings. The summed E-state index contributed by atoms with van der Waals surface area (Å²) in [6.07, 6.45) is 0.0436. The predicted octanol–water partition coefficient (Wildman–Crippen LogP) is 4.13. The lowest BCUT2D eigenvalue weighted by Gasteiger charge is -2.39. The average Bonchev–Trinajstić information content (AvgIpc) is 2.95. The van der Waals surface area contributed by atoms with E-state index in [0.717, 1.165) is 16.7 Å². The van der Waals surface area contributed by atoms with Crippen molar-refractivity contribution in [2.45, 2.75) is 17.7 Å². The average molecular weight is 545 g/mol. The van der Waals surface area contributed by atoms with Crippen molar-refractivity contribution in [2.75, 3.05) is 6.54 Å². The molecule has 0 aromatic heterocycles.